The van der Waals surface area contributed by atoms with Gasteiger partial charge in [-0.2, -0.15) is 0 Å². The van der Waals surface area contributed by atoms with Gasteiger partial charge in [-0.05, 0) is 48.5 Å². The number of nitrogens with one attached hydrogen (secondary N) is 1. The van der Waals surface area contributed by atoms with Gasteiger partial charge >= 0.3 is 11.9 Å². The van der Waals surface area contributed by atoms with Crippen LogP contribution in [0.15, 0.2) is 97.1 Å². The van der Waals surface area contributed by atoms with E-state index in [1.54, 1.807) is 36.4 Å². The summed E-state index contributed by atoms with van der Waals surface area (Å²) in [5.74, 6) is -0.235. The van der Waals surface area contributed by atoms with Crippen LogP contribution in [0.2, 0.25) is 0 Å². The number of para-hydroxylation sites is 2. The largest absolute Gasteiger partial charge is 0.478 e. The fraction of sp³-hybridized carbons (Fsp3) is 0.0357. The number of amides is 1. The predicted octanol–water partition coefficient (Wildman–Crippen LogP) is 5.89. The fourth-order valence-electron chi connectivity index (χ4n) is 3.11. The summed E-state index contributed by atoms with van der Waals surface area (Å²) in [6, 6.07) is 27.2. The van der Waals surface area contributed by atoms with Crippen molar-refractivity contribution in [1.82, 2.24) is 0 Å². The maximum atomic E-state index is 11.1. The van der Waals surface area contributed by atoms with E-state index in [1.807, 2.05) is 36.4 Å². The zero-order valence-electron chi connectivity index (χ0n) is 19.8. The summed E-state index contributed by atoms with van der Waals surface area (Å²) >= 11 is 0. The molecule has 0 aliphatic rings. The molecule has 0 fully saturated rings. The number of benzene rings is 4. The van der Waals surface area contributed by atoms with Gasteiger partial charge in [0.25, 0.3) is 0 Å². The summed E-state index contributed by atoms with van der Waals surface area (Å²) in [5, 5.41) is 20.4. The molecule has 0 unspecified atom stereocenters. The number of nitrogens with two attached hydrogens (primary N) is 1. The van der Waals surface area contributed by atoms with Crippen molar-refractivity contribution >= 4 is 29.2 Å². The van der Waals surface area contributed by atoms with E-state index in [9.17, 15) is 14.4 Å². The fourth-order valence-corrected chi connectivity index (χ4v) is 3.11. The third-order valence-corrected chi connectivity index (χ3v) is 4.74. The Hall–Kier alpha value is -5.31. The van der Waals surface area contributed by atoms with Gasteiger partial charge in [-0.1, -0.05) is 36.4 Å². The lowest BCUT2D eigenvalue weighted by Crippen LogP contribution is -2.10. The molecule has 9 nitrogen and oxygen atoms in total. The lowest BCUT2D eigenvalue weighted by molar-refractivity contribution is -0.114. The van der Waals surface area contributed by atoms with Crippen molar-refractivity contribution < 1.29 is 34.1 Å². The molecule has 4 aromatic rings. The topological polar surface area (TPSA) is 148 Å². The predicted molar refractivity (Wildman–Crippen MR) is 139 cm³/mol. The van der Waals surface area contributed by atoms with Crippen LogP contribution >= 0.6 is 0 Å². The quantitative estimate of drug-likeness (QED) is 0.229. The summed E-state index contributed by atoms with van der Waals surface area (Å²) in [6.07, 6.45) is 0. The Kier molecular flexibility index (Phi) is 8.82. The number of aromatic carboxylic acids is 2. The SMILES string of the molecule is CC(=O)Nc1cc(Oc2ccccc2)ccc1C(=O)O.Nc1cc(Oc2ccccc2)ccc1C(=O)O. The van der Waals surface area contributed by atoms with Crippen LogP contribution in [0.3, 0.4) is 0 Å². The number of hydrogen-bond donors (Lipinski definition) is 4. The Bertz CT molecular complexity index is 1390. The van der Waals surface area contributed by atoms with Crippen LogP contribution in [0, 0.1) is 0 Å². The normalized spacial score (nSPS) is 9.86. The number of hydrogen-bond acceptors (Lipinski definition) is 6. The average molecular weight is 501 g/mol. The van der Waals surface area contributed by atoms with Gasteiger partial charge in [0.1, 0.15) is 23.0 Å². The van der Waals surface area contributed by atoms with Crippen LogP contribution in [-0.4, -0.2) is 28.1 Å². The van der Waals surface area contributed by atoms with Gasteiger partial charge in [0.05, 0.1) is 16.8 Å². The summed E-state index contributed by atoms with van der Waals surface area (Å²) in [5.41, 5.74) is 6.10. The molecule has 0 saturated carbocycles. The first-order valence-corrected chi connectivity index (χ1v) is 11.0. The van der Waals surface area contributed by atoms with E-state index in [1.165, 1.54) is 31.2 Å². The molecule has 0 radical (unpaired) electrons. The van der Waals surface area contributed by atoms with E-state index in [0.29, 0.717) is 23.0 Å². The highest BCUT2D eigenvalue weighted by Crippen LogP contribution is 2.27. The number of ether oxygens (including phenoxy) is 2. The molecule has 5 N–H and O–H groups in total. The molecule has 0 aromatic heterocycles. The lowest BCUT2D eigenvalue weighted by atomic mass is 10.1. The van der Waals surface area contributed by atoms with Crippen LogP contribution < -0.4 is 20.5 Å². The number of carboxylic acid groups (broad SMARTS) is 2. The number of carbonyl (C=O) groups is 3. The van der Waals surface area contributed by atoms with Crippen LogP contribution in [0.4, 0.5) is 11.4 Å². The standard InChI is InChI=1S/C15H13NO4.C13H11NO3/c1-10(17)16-14-9-12(7-8-13(14)15(18)19)20-11-5-3-2-4-6-11;14-12-8-10(6-7-11(12)13(15)16)17-9-4-2-1-3-5-9/h2-9H,1H3,(H,16,17)(H,18,19);1-8H,14H2,(H,15,16). The second-order valence-corrected chi connectivity index (χ2v) is 7.58. The Morgan fingerprint density at radius 2 is 1.11 bits per heavy atom. The van der Waals surface area contributed by atoms with E-state index in [0.717, 1.165) is 0 Å². The smallest absolute Gasteiger partial charge is 0.337 e. The Morgan fingerprint density at radius 3 is 1.54 bits per heavy atom. The Morgan fingerprint density at radius 1 is 0.649 bits per heavy atom. The van der Waals surface area contributed by atoms with Gasteiger partial charge in [-0.25, -0.2) is 9.59 Å². The van der Waals surface area contributed by atoms with Crippen molar-refractivity contribution in [2.24, 2.45) is 0 Å². The number of rotatable bonds is 7. The van der Waals surface area contributed by atoms with E-state index >= 15 is 0 Å². The minimum absolute atomic E-state index is 0.0145. The van der Waals surface area contributed by atoms with Gasteiger partial charge in [0.2, 0.25) is 5.91 Å². The molecule has 0 aliphatic carbocycles. The second-order valence-electron chi connectivity index (χ2n) is 7.58. The molecule has 0 spiro atoms. The molecular weight excluding hydrogens is 476 g/mol. The Balaban J connectivity index is 0.000000208. The van der Waals surface area contributed by atoms with Crippen molar-refractivity contribution in [3.63, 3.8) is 0 Å². The molecule has 4 aromatic carbocycles. The van der Waals surface area contributed by atoms with Gasteiger partial charge in [-0.3, -0.25) is 4.79 Å². The van der Waals surface area contributed by atoms with Gasteiger partial charge < -0.3 is 30.7 Å². The van der Waals surface area contributed by atoms with Crippen LogP contribution in [0.1, 0.15) is 27.6 Å². The highest BCUT2D eigenvalue weighted by Gasteiger charge is 2.13. The molecule has 0 atom stereocenters. The molecule has 9 heteroatoms. The van der Waals surface area contributed by atoms with Crippen molar-refractivity contribution in [3.8, 4) is 23.0 Å². The third-order valence-electron chi connectivity index (χ3n) is 4.74. The number of anilines is 2. The highest BCUT2D eigenvalue weighted by molar-refractivity contribution is 6.00. The minimum atomic E-state index is -1.11. The summed E-state index contributed by atoms with van der Waals surface area (Å²) in [7, 11) is 0. The van der Waals surface area contributed by atoms with E-state index in [2.05, 4.69) is 5.32 Å². The molecule has 0 saturated heterocycles. The lowest BCUT2D eigenvalue weighted by Gasteiger charge is -2.10. The number of nitrogen functional groups attached to an aromatic ring is 1. The van der Waals surface area contributed by atoms with Crippen molar-refractivity contribution in [2.75, 3.05) is 11.1 Å². The van der Waals surface area contributed by atoms with Crippen molar-refractivity contribution in [3.05, 3.63) is 108 Å². The minimum Gasteiger partial charge on any atom is -0.478 e. The summed E-state index contributed by atoms with van der Waals surface area (Å²) < 4.78 is 11.1. The molecular formula is C28H24N2O7. The molecule has 0 aliphatic heterocycles. The first-order chi connectivity index (χ1) is 17.7. The average Bonchev–Trinajstić information content (AvgIpc) is 2.85. The summed E-state index contributed by atoms with van der Waals surface area (Å²) in [4.78, 5) is 33.0. The molecule has 37 heavy (non-hydrogen) atoms. The van der Waals surface area contributed by atoms with Crippen molar-refractivity contribution in [1.29, 1.82) is 0 Å². The van der Waals surface area contributed by atoms with Crippen LogP contribution in [-0.2, 0) is 4.79 Å². The summed E-state index contributed by atoms with van der Waals surface area (Å²) in [6.45, 7) is 1.32. The van der Waals surface area contributed by atoms with E-state index in [-0.39, 0.29) is 28.4 Å². The first-order valence-electron chi connectivity index (χ1n) is 11.0. The molecule has 0 heterocycles. The van der Waals surface area contributed by atoms with E-state index in [4.69, 9.17) is 25.4 Å². The second kappa shape index (κ2) is 12.4. The van der Waals surface area contributed by atoms with Crippen molar-refractivity contribution in [2.45, 2.75) is 6.92 Å². The molecule has 0 bridgehead atoms. The zero-order valence-corrected chi connectivity index (χ0v) is 19.8. The monoisotopic (exact) mass is 500 g/mol. The maximum Gasteiger partial charge on any atom is 0.337 e. The molecule has 1 amide bonds. The maximum absolute atomic E-state index is 11.1. The number of carboxylic acids is 2. The van der Waals surface area contributed by atoms with E-state index < -0.39 is 11.9 Å². The Labute approximate surface area is 212 Å². The highest BCUT2D eigenvalue weighted by atomic mass is 16.5. The van der Waals surface area contributed by atoms with Gasteiger partial charge in [0, 0.05) is 24.7 Å². The van der Waals surface area contributed by atoms with Gasteiger partial charge in [0.15, 0.2) is 0 Å². The zero-order chi connectivity index (χ0) is 26.8. The van der Waals surface area contributed by atoms with Crippen LogP contribution in [0.5, 0.6) is 23.0 Å². The number of carbonyl (C=O) groups excluding carboxylic acids is 1. The van der Waals surface area contributed by atoms with Gasteiger partial charge in [-0.15, -0.1) is 0 Å². The first kappa shape index (κ1) is 26.3. The van der Waals surface area contributed by atoms with Crippen LogP contribution in [0.25, 0.3) is 0 Å². The third kappa shape index (κ3) is 7.86. The molecule has 4 rings (SSSR count). The molecule has 188 valence electrons.